The average molecular weight is 619 g/mol. The Bertz CT molecular complexity index is 2270. The molecule has 7 aromatic rings. The highest BCUT2D eigenvalue weighted by molar-refractivity contribution is 6.62. The lowest BCUT2D eigenvalue weighted by Gasteiger charge is -2.32. The summed E-state index contributed by atoms with van der Waals surface area (Å²) in [5.41, 5.74) is 4.64. The fourth-order valence-corrected chi connectivity index (χ4v) is 6.24. The molecular formula is C39H32BFN4O2. The van der Waals surface area contributed by atoms with Crippen LogP contribution in [0.2, 0.25) is 0 Å². The second kappa shape index (κ2) is 11.0. The third-order valence-electron chi connectivity index (χ3n) is 9.38. The van der Waals surface area contributed by atoms with E-state index >= 15 is 4.39 Å². The molecule has 0 unspecified atom stereocenters. The highest BCUT2D eigenvalue weighted by Crippen LogP contribution is 2.39. The molecule has 8 heteroatoms. The normalized spacial score (nSPS) is 15.5. The van der Waals surface area contributed by atoms with Crippen molar-refractivity contribution < 1.29 is 13.7 Å². The van der Waals surface area contributed by atoms with Crippen molar-refractivity contribution in [1.29, 1.82) is 0 Å². The van der Waals surface area contributed by atoms with Crippen molar-refractivity contribution in [3.63, 3.8) is 0 Å². The van der Waals surface area contributed by atoms with Crippen molar-refractivity contribution in [3.05, 3.63) is 127 Å². The van der Waals surface area contributed by atoms with Gasteiger partial charge in [-0.2, -0.15) is 0 Å². The molecule has 230 valence electrons. The summed E-state index contributed by atoms with van der Waals surface area (Å²) in [5, 5.41) is 2.13. The standard InChI is InChI=1S/C39H32BFN4O2/c1-38(2)39(3,4)47-40(46-38)30-24-26(22-23-31(30)41)36-42-35(25-14-7-5-8-15-25)43-37(44-36)29-19-13-21-33-34(29)28-18-11-12-20-32(28)45(33)27-16-9-6-10-17-27/h5-24H,1-4H3. The molecule has 1 fully saturated rings. The van der Waals surface area contributed by atoms with Gasteiger partial charge in [0.2, 0.25) is 0 Å². The van der Waals surface area contributed by atoms with Crippen LogP contribution >= 0.6 is 0 Å². The van der Waals surface area contributed by atoms with Crippen LogP contribution < -0.4 is 5.46 Å². The van der Waals surface area contributed by atoms with Crippen LogP contribution in [0.4, 0.5) is 4.39 Å². The van der Waals surface area contributed by atoms with Crippen LogP contribution in [0, 0.1) is 5.82 Å². The highest BCUT2D eigenvalue weighted by atomic mass is 19.1. The molecule has 2 aromatic heterocycles. The Morgan fingerprint density at radius 3 is 1.91 bits per heavy atom. The molecule has 0 amide bonds. The molecule has 6 nitrogen and oxygen atoms in total. The number of hydrogen-bond donors (Lipinski definition) is 0. The molecule has 0 radical (unpaired) electrons. The number of hydrogen-bond acceptors (Lipinski definition) is 5. The van der Waals surface area contributed by atoms with E-state index < -0.39 is 24.1 Å². The number of benzene rings is 5. The zero-order valence-corrected chi connectivity index (χ0v) is 26.6. The van der Waals surface area contributed by atoms with Gasteiger partial charge >= 0.3 is 7.12 Å². The molecule has 47 heavy (non-hydrogen) atoms. The third-order valence-corrected chi connectivity index (χ3v) is 9.38. The molecule has 0 saturated carbocycles. The second-order valence-corrected chi connectivity index (χ2v) is 12.9. The van der Waals surface area contributed by atoms with Gasteiger partial charge < -0.3 is 13.9 Å². The van der Waals surface area contributed by atoms with E-state index in [9.17, 15) is 0 Å². The van der Waals surface area contributed by atoms with Crippen LogP contribution in [0.5, 0.6) is 0 Å². The summed E-state index contributed by atoms with van der Waals surface area (Å²) in [4.78, 5) is 15.0. The maximum atomic E-state index is 15.4. The second-order valence-electron chi connectivity index (χ2n) is 12.9. The largest absolute Gasteiger partial charge is 0.497 e. The summed E-state index contributed by atoms with van der Waals surface area (Å²) in [5.74, 6) is 1.06. The van der Waals surface area contributed by atoms with Crippen molar-refractivity contribution >= 4 is 34.4 Å². The first-order valence-corrected chi connectivity index (χ1v) is 15.8. The SMILES string of the molecule is CC1(C)OB(c2cc(-c3nc(-c4ccccc4)nc(-c4cccc5c4c4ccccc4n5-c4ccccc4)n3)ccc2F)OC1(C)C. The monoisotopic (exact) mass is 618 g/mol. The summed E-state index contributed by atoms with van der Waals surface area (Å²) >= 11 is 0. The fourth-order valence-electron chi connectivity index (χ4n) is 6.24. The van der Waals surface area contributed by atoms with E-state index in [1.54, 1.807) is 12.1 Å². The summed E-state index contributed by atoms with van der Waals surface area (Å²) in [6.45, 7) is 7.81. The van der Waals surface area contributed by atoms with Crippen LogP contribution in [0.25, 0.3) is 61.7 Å². The highest BCUT2D eigenvalue weighted by Gasteiger charge is 2.52. The summed E-state index contributed by atoms with van der Waals surface area (Å²) in [6.07, 6.45) is 0. The molecule has 0 N–H and O–H groups in total. The minimum atomic E-state index is -0.868. The Morgan fingerprint density at radius 2 is 1.19 bits per heavy atom. The Labute approximate surface area is 273 Å². The van der Waals surface area contributed by atoms with E-state index in [0.29, 0.717) is 28.5 Å². The zero-order chi connectivity index (χ0) is 32.3. The van der Waals surface area contributed by atoms with Gasteiger partial charge in [0.15, 0.2) is 17.5 Å². The van der Waals surface area contributed by atoms with E-state index in [1.165, 1.54) is 6.07 Å². The molecule has 1 aliphatic rings. The van der Waals surface area contributed by atoms with Crippen molar-refractivity contribution in [1.82, 2.24) is 19.5 Å². The predicted octanol–water partition coefficient (Wildman–Crippen LogP) is 8.41. The van der Waals surface area contributed by atoms with E-state index in [-0.39, 0.29) is 0 Å². The van der Waals surface area contributed by atoms with Gasteiger partial charge in [-0.15, -0.1) is 0 Å². The minimum Gasteiger partial charge on any atom is -0.399 e. The smallest absolute Gasteiger partial charge is 0.399 e. The van der Waals surface area contributed by atoms with Crippen LogP contribution in [0.3, 0.4) is 0 Å². The van der Waals surface area contributed by atoms with Crippen LogP contribution in [0.1, 0.15) is 27.7 Å². The Balaban J connectivity index is 1.35. The Morgan fingerprint density at radius 1 is 0.596 bits per heavy atom. The lowest BCUT2D eigenvalue weighted by Crippen LogP contribution is -2.41. The van der Waals surface area contributed by atoms with Gasteiger partial charge in [0, 0.05) is 38.6 Å². The lowest BCUT2D eigenvalue weighted by molar-refractivity contribution is 0.00578. The first-order valence-electron chi connectivity index (χ1n) is 15.8. The van der Waals surface area contributed by atoms with E-state index in [4.69, 9.17) is 24.3 Å². The number of rotatable bonds is 5. The van der Waals surface area contributed by atoms with Crippen LogP contribution in [0.15, 0.2) is 121 Å². The van der Waals surface area contributed by atoms with Gasteiger partial charge in [-0.1, -0.05) is 78.9 Å². The topological polar surface area (TPSA) is 62.1 Å². The summed E-state index contributed by atoms with van der Waals surface area (Å²) in [6, 6.07) is 39.6. The molecule has 0 bridgehead atoms. The quantitative estimate of drug-likeness (QED) is 0.181. The molecule has 3 heterocycles. The first kappa shape index (κ1) is 29.2. The van der Waals surface area contributed by atoms with Gasteiger partial charge in [0.05, 0.1) is 22.2 Å². The molecular weight excluding hydrogens is 586 g/mol. The molecule has 1 saturated heterocycles. The number of halogens is 1. The van der Waals surface area contributed by atoms with Crippen molar-refractivity contribution in [3.8, 4) is 39.9 Å². The van der Waals surface area contributed by atoms with Crippen molar-refractivity contribution in [2.75, 3.05) is 0 Å². The van der Waals surface area contributed by atoms with E-state index in [2.05, 4.69) is 53.1 Å². The van der Waals surface area contributed by atoms with Gasteiger partial charge in [-0.25, -0.2) is 19.3 Å². The number of aromatic nitrogens is 4. The van der Waals surface area contributed by atoms with Crippen molar-refractivity contribution in [2.45, 2.75) is 38.9 Å². The molecule has 8 rings (SSSR count). The third kappa shape index (κ3) is 4.92. The zero-order valence-electron chi connectivity index (χ0n) is 26.6. The van der Waals surface area contributed by atoms with Gasteiger partial charge in [-0.3, -0.25) is 0 Å². The minimum absolute atomic E-state index is 0.303. The van der Waals surface area contributed by atoms with Gasteiger partial charge in [0.25, 0.3) is 0 Å². The first-order chi connectivity index (χ1) is 22.7. The van der Waals surface area contributed by atoms with Gasteiger partial charge in [-0.05, 0) is 70.2 Å². The Kier molecular flexibility index (Phi) is 6.83. The predicted molar refractivity (Wildman–Crippen MR) is 186 cm³/mol. The van der Waals surface area contributed by atoms with Gasteiger partial charge in [0.1, 0.15) is 5.82 Å². The molecule has 5 aromatic carbocycles. The maximum Gasteiger partial charge on any atom is 0.497 e. The molecule has 1 aliphatic heterocycles. The Hall–Kier alpha value is -5.18. The lowest BCUT2D eigenvalue weighted by atomic mass is 9.78. The van der Waals surface area contributed by atoms with Crippen molar-refractivity contribution in [2.24, 2.45) is 0 Å². The number of para-hydroxylation sites is 2. The average Bonchev–Trinajstić information content (AvgIpc) is 3.54. The maximum absolute atomic E-state index is 15.4. The van der Waals surface area contributed by atoms with Crippen LogP contribution in [-0.2, 0) is 9.31 Å². The van der Waals surface area contributed by atoms with E-state index in [1.807, 2.05) is 82.3 Å². The fraction of sp³-hybridized carbons (Fsp3) is 0.154. The number of fused-ring (bicyclic) bond motifs is 3. The molecule has 0 atom stereocenters. The van der Waals surface area contributed by atoms with E-state index in [0.717, 1.165) is 38.6 Å². The molecule has 0 aliphatic carbocycles. The number of nitrogens with zero attached hydrogens (tertiary/aromatic N) is 4. The van der Waals surface area contributed by atoms with Crippen LogP contribution in [-0.4, -0.2) is 37.8 Å². The summed E-state index contributed by atoms with van der Waals surface area (Å²) < 4.78 is 30.1. The molecule has 0 spiro atoms. The summed E-state index contributed by atoms with van der Waals surface area (Å²) in [7, 11) is -0.868.